The molecule has 3 N–H and O–H groups in total. The summed E-state index contributed by atoms with van der Waals surface area (Å²) in [6.45, 7) is 0. The Hall–Kier alpha value is -2.89. The number of nitrogens with zero attached hydrogens (tertiary/aromatic N) is 1. The molecule has 0 aromatic heterocycles. The summed E-state index contributed by atoms with van der Waals surface area (Å²) in [6.07, 6.45) is 0.666. The van der Waals surface area contributed by atoms with Gasteiger partial charge in [-0.25, -0.2) is 0 Å². The molecule has 0 amide bonds. The van der Waals surface area contributed by atoms with Gasteiger partial charge in [-0.2, -0.15) is 5.10 Å². The van der Waals surface area contributed by atoms with Crippen LogP contribution < -0.4 is 14.9 Å². The first-order chi connectivity index (χ1) is 11.1. The normalized spacial score (nSPS) is 16.6. The highest BCUT2D eigenvalue weighted by atomic mass is 16.5. The molecule has 23 heavy (non-hydrogen) atoms. The van der Waals surface area contributed by atoms with Crippen molar-refractivity contribution in [3.05, 3.63) is 47.5 Å². The SMILES string of the molecule is COc1ccc(C2=NN[C@H](c3ccc(O)c(O)c3)C2)cc1OC. The molecule has 1 heterocycles. The van der Waals surface area contributed by atoms with Gasteiger partial charge in [0, 0.05) is 12.0 Å². The lowest BCUT2D eigenvalue weighted by atomic mass is 9.98. The Kier molecular flexibility index (Phi) is 3.97. The van der Waals surface area contributed by atoms with E-state index in [1.807, 2.05) is 18.2 Å². The van der Waals surface area contributed by atoms with E-state index in [9.17, 15) is 10.2 Å². The Balaban J connectivity index is 1.80. The van der Waals surface area contributed by atoms with Crippen LogP contribution in [0.15, 0.2) is 41.5 Å². The molecule has 0 bridgehead atoms. The summed E-state index contributed by atoms with van der Waals surface area (Å²) in [5.41, 5.74) is 5.76. The molecule has 1 aliphatic rings. The lowest BCUT2D eigenvalue weighted by molar-refractivity contribution is 0.355. The maximum atomic E-state index is 9.62. The Morgan fingerprint density at radius 2 is 1.78 bits per heavy atom. The number of ether oxygens (including phenoxy) is 2. The van der Waals surface area contributed by atoms with Crippen molar-refractivity contribution < 1.29 is 19.7 Å². The third kappa shape index (κ3) is 2.88. The van der Waals surface area contributed by atoms with Crippen LogP contribution in [0.25, 0.3) is 0 Å². The second-order valence-electron chi connectivity index (χ2n) is 5.26. The molecule has 0 radical (unpaired) electrons. The van der Waals surface area contributed by atoms with Crippen molar-refractivity contribution in [3.63, 3.8) is 0 Å². The molecule has 1 aliphatic heterocycles. The third-order valence-corrected chi connectivity index (χ3v) is 3.87. The molecule has 0 spiro atoms. The van der Waals surface area contributed by atoms with Crippen LogP contribution in [0.3, 0.4) is 0 Å². The van der Waals surface area contributed by atoms with Crippen molar-refractivity contribution in [3.8, 4) is 23.0 Å². The number of aromatic hydroxyl groups is 2. The largest absolute Gasteiger partial charge is 0.504 e. The fraction of sp³-hybridized carbons (Fsp3) is 0.235. The summed E-state index contributed by atoms with van der Waals surface area (Å²) < 4.78 is 10.6. The molecule has 1 atom stereocenters. The van der Waals surface area contributed by atoms with Gasteiger partial charge in [0.25, 0.3) is 0 Å². The molecule has 6 nitrogen and oxygen atoms in total. The Labute approximate surface area is 134 Å². The zero-order chi connectivity index (χ0) is 16.4. The standard InChI is InChI=1S/C17H18N2O4/c1-22-16-6-4-11(8-17(16)23-2)13-9-12(18-19-13)10-3-5-14(20)15(21)7-10/h3-8,12,18,20-21H,9H2,1-2H3/t12-/m0/s1. The molecular formula is C17H18N2O4. The first-order valence-electron chi connectivity index (χ1n) is 7.18. The third-order valence-electron chi connectivity index (χ3n) is 3.87. The number of hydrogen-bond donors (Lipinski definition) is 3. The molecular weight excluding hydrogens is 296 g/mol. The van der Waals surface area contributed by atoms with Crippen molar-refractivity contribution in [2.45, 2.75) is 12.5 Å². The minimum atomic E-state index is -0.135. The number of benzene rings is 2. The zero-order valence-corrected chi connectivity index (χ0v) is 12.9. The van der Waals surface area contributed by atoms with Gasteiger partial charge in [-0.15, -0.1) is 0 Å². The molecule has 0 saturated carbocycles. The van der Waals surface area contributed by atoms with E-state index in [0.717, 1.165) is 16.8 Å². The number of hydrogen-bond acceptors (Lipinski definition) is 6. The van der Waals surface area contributed by atoms with Gasteiger partial charge < -0.3 is 25.1 Å². The lowest BCUT2D eigenvalue weighted by Gasteiger charge is -2.11. The van der Waals surface area contributed by atoms with Gasteiger partial charge in [-0.3, -0.25) is 0 Å². The minimum absolute atomic E-state index is 0.0513. The fourth-order valence-corrected chi connectivity index (χ4v) is 2.59. The number of methoxy groups -OCH3 is 2. The fourth-order valence-electron chi connectivity index (χ4n) is 2.59. The van der Waals surface area contributed by atoms with Crippen LogP contribution in [-0.2, 0) is 0 Å². The second-order valence-corrected chi connectivity index (χ2v) is 5.26. The molecule has 6 heteroatoms. The molecule has 0 fully saturated rings. The van der Waals surface area contributed by atoms with Gasteiger partial charge in [0.05, 0.1) is 26.0 Å². The van der Waals surface area contributed by atoms with Gasteiger partial charge in [0.2, 0.25) is 0 Å². The van der Waals surface area contributed by atoms with Crippen LogP contribution in [0.4, 0.5) is 0 Å². The van der Waals surface area contributed by atoms with Gasteiger partial charge in [-0.1, -0.05) is 6.07 Å². The van der Waals surface area contributed by atoms with E-state index >= 15 is 0 Å². The number of nitrogens with one attached hydrogen (secondary N) is 1. The van der Waals surface area contributed by atoms with Crippen molar-refractivity contribution in [1.29, 1.82) is 0 Å². The van der Waals surface area contributed by atoms with E-state index in [4.69, 9.17) is 9.47 Å². The molecule has 0 unspecified atom stereocenters. The van der Waals surface area contributed by atoms with Crippen LogP contribution in [0.2, 0.25) is 0 Å². The number of hydrazone groups is 1. The Morgan fingerprint density at radius 1 is 1.00 bits per heavy atom. The van der Waals surface area contributed by atoms with E-state index in [1.54, 1.807) is 26.4 Å². The van der Waals surface area contributed by atoms with Crippen LogP contribution in [0, 0.1) is 0 Å². The highest BCUT2D eigenvalue weighted by molar-refractivity contribution is 6.02. The Morgan fingerprint density at radius 3 is 2.48 bits per heavy atom. The average Bonchev–Trinajstić information content (AvgIpc) is 3.06. The molecule has 2 aromatic rings. The highest BCUT2D eigenvalue weighted by Gasteiger charge is 2.22. The molecule has 3 rings (SSSR count). The monoisotopic (exact) mass is 314 g/mol. The van der Waals surface area contributed by atoms with E-state index in [0.29, 0.717) is 17.9 Å². The van der Waals surface area contributed by atoms with Crippen molar-refractivity contribution in [2.24, 2.45) is 5.10 Å². The Bertz CT molecular complexity index is 758. The molecule has 2 aromatic carbocycles. The topological polar surface area (TPSA) is 83.3 Å². The average molecular weight is 314 g/mol. The summed E-state index contributed by atoms with van der Waals surface area (Å²) in [5, 5.41) is 23.4. The van der Waals surface area contributed by atoms with Crippen molar-refractivity contribution in [2.75, 3.05) is 14.2 Å². The van der Waals surface area contributed by atoms with Crippen molar-refractivity contribution >= 4 is 5.71 Å². The lowest BCUT2D eigenvalue weighted by Crippen LogP contribution is -2.09. The van der Waals surface area contributed by atoms with Gasteiger partial charge in [0.15, 0.2) is 23.0 Å². The van der Waals surface area contributed by atoms with E-state index in [2.05, 4.69) is 10.5 Å². The molecule has 0 aliphatic carbocycles. The molecule has 120 valence electrons. The summed E-state index contributed by atoms with van der Waals surface area (Å²) in [4.78, 5) is 0. The first kappa shape index (κ1) is 15.0. The van der Waals surface area contributed by atoms with Gasteiger partial charge in [0.1, 0.15) is 0 Å². The second kappa shape index (κ2) is 6.08. The van der Waals surface area contributed by atoms with Gasteiger partial charge in [-0.05, 0) is 35.9 Å². The summed E-state index contributed by atoms with van der Waals surface area (Å²) in [6, 6.07) is 10.4. The first-order valence-corrected chi connectivity index (χ1v) is 7.18. The minimum Gasteiger partial charge on any atom is -0.504 e. The zero-order valence-electron chi connectivity index (χ0n) is 12.9. The van der Waals surface area contributed by atoms with Crippen LogP contribution in [0.1, 0.15) is 23.6 Å². The highest BCUT2D eigenvalue weighted by Crippen LogP contribution is 2.33. The maximum absolute atomic E-state index is 9.62. The smallest absolute Gasteiger partial charge is 0.161 e. The van der Waals surface area contributed by atoms with Crippen LogP contribution in [0.5, 0.6) is 23.0 Å². The summed E-state index contributed by atoms with van der Waals surface area (Å²) >= 11 is 0. The van der Waals surface area contributed by atoms with E-state index in [-0.39, 0.29) is 17.5 Å². The number of phenolic OH excluding ortho intramolecular Hbond substituents is 2. The molecule has 0 saturated heterocycles. The van der Waals surface area contributed by atoms with E-state index < -0.39 is 0 Å². The summed E-state index contributed by atoms with van der Waals surface area (Å²) in [5.74, 6) is 1.05. The van der Waals surface area contributed by atoms with E-state index in [1.165, 1.54) is 6.07 Å². The predicted molar refractivity (Wildman–Crippen MR) is 86.3 cm³/mol. The van der Waals surface area contributed by atoms with Crippen molar-refractivity contribution in [1.82, 2.24) is 5.43 Å². The quantitative estimate of drug-likeness (QED) is 0.755. The van der Waals surface area contributed by atoms with Crippen LogP contribution in [-0.4, -0.2) is 30.1 Å². The number of phenols is 2. The predicted octanol–water partition coefficient (Wildman–Crippen LogP) is 2.55. The maximum Gasteiger partial charge on any atom is 0.161 e. The van der Waals surface area contributed by atoms with Crippen LogP contribution >= 0.6 is 0 Å². The van der Waals surface area contributed by atoms with Gasteiger partial charge >= 0.3 is 0 Å². The summed E-state index contributed by atoms with van der Waals surface area (Å²) in [7, 11) is 3.19. The number of rotatable bonds is 4.